The molecular weight excluding hydrogens is 493 g/mol. The van der Waals surface area contributed by atoms with Crippen molar-refractivity contribution in [2.75, 3.05) is 18.4 Å². The lowest BCUT2D eigenvalue weighted by molar-refractivity contribution is -0.147. The van der Waals surface area contributed by atoms with Crippen LogP contribution in [0.5, 0.6) is 0 Å². The van der Waals surface area contributed by atoms with Crippen molar-refractivity contribution in [3.8, 4) is 0 Å². The van der Waals surface area contributed by atoms with Crippen molar-refractivity contribution >= 4 is 17.6 Å². The largest absolute Gasteiger partial charge is 0.348 e. The molecule has 39 heavy (non-hydrogen) atoms. The molecule has 7 nitrogen and oxygen atoms in total. The van der Waals surface area contributed by atoms with E-state index in [2.05, 4.69) is 32.7 Å². The second-order valence-corrected chi connectivity index (χ2v) is 11.2. The molecule has 208 valence electrons. The summed E-state index contributed by atoms with van der Waals surface area (Å²) in [6.45, 7) is 9.08. The number of carbonyl (C=O) groups is 2. The third kappa shape index (κ3) is 7.05. The molecule has 0 spiro atoms. The van der Waals surface area contributed by atoms with Gasteiger partial charge >= 0.3 is 6.03 Å². The van der Waals surface area contributed by atoms with Gasteiger partial charge in [0.1, 0.15) is 0 Å². The van der Waals surface area contributed by atoms with Crippen LogP contribution in [0.3, 0.4) is 0 Å². The zero-order chi connectivity index (χ0) is 28.0. The molecule has 0 radical (unpaired) electrons. The fourth-order valence-electron chi connectivity index (χ4n) is 5.38. The maximum Gasteiger partial charge on any atom is 0.322 e. The number of urea groups is 1. The molecule has 2 aromatic carbocycles. The van der Waals surface area contributed by atoms with Crippen molar-refractivity contribution in [2.45, 2.75) is 71.0 Å². The molecule has 1 aliphatic rings. The van der Waals surface area contributed by atoms with Crippen LogP contribution in [0.1, 0.15) is 74.8 Å². The van der Waals surface area contributed by atoms with Crippen LogP contribution in [0.4, 0.5) is 14.9 Å². The molecule has 2 heterocycles. The summed E-state index contributed by atoms with van der Waals surface area (Å²) in [5.41, 5.74) is 4.28. The average Bonchev–Trinajstić information content (AvgIpc) is 3.41. The first-order chi connectivity index (χ1) is 18.7. The molecule has 4 rings (SSSR count). The number of halogens is 1. The summed E-state index contributed by atoms with van der Waals surface area (Å²) in [5.74, 6) is -2.63. The summed E-state index contributed by atoms with van der Waals surface area (Å²) in [7, 11) is 0. The smallest absolute Gasteiger partial charge is 0.322 e. The molecule has 1 fully saturated rings. The first-order valence-electron chi connectivity index (χ1n) is 13.9. The lowest BCUT2D eigenvalue weighted by Crippen LogP contribution is -2.60. The summed E-state index contributed by atoms with van der Waals surface area (Å²) < 4.78 is 16.6. The van der Waals surface area contributed by atoms with Crippen molar-refractivity contribution in [1.29, 1.82) is 0 Å². The number of benzene rings is 2. The van der Waals surface area contributed by atoms with Gasteiger partial charge in [-0.2, -0.15) is 0 Å². The molecule has 1 unspecified atom stereocenters. The van der Waals surface area contributed by atoms with Gasteiger partial charge in [0.15, 0.2) is 0 Å². The number of para-hydroxylation sites is 1. The Morgan fingerprint density at radius 2 is 1.67 bits per heavy atom. The van der Waals surface area contributed by atoms with E-state index in [1.54, 1.807) is 4.90 Å². The lowest BCUT2D eigenvalue weighted by Gasteiger charge is -2.36. The number of nitrogens with zero attached hydrogens (tertiary/aromatic N) is 2. The Kier molecular flexibility index (Phi) is 9.04. The van der Waals surface area contributed by atoms with Crippen LogP contribution in [0.15, 0.2) is 61.1 Å². The molecule has 1 atom stereocenters. The van der Waals surface area contributed by atoms with E-state index in [4.69, 9.17) is 0 Å². The predicted octanol–water partition coefficient (Wildman–Crippen LogP) is 6.17. The van der Waals surface area contributed by atoms with Gasteiger partial charge in [-0.15, -0.1) is 0 Å². The van der Waals surface area contributed by atoms with Gasteiger partial charge in [-0.25, -0.2) is 14.2 Å². The predicted molar refractivity (Wildman–Crippen MR) is 152 cm³/mol. The number of rotatable bonds is 9. The van der Waals surface area contributed by atoms with Crippen molar-refractivity contribution in [2.24, 2.45) is 5.92 Å². The van der Waals surface area contributed by atoms with Gasteiger partial charge in [0.2, 0.25) is 0 Å². The van der Waals surface area contributed by atoms with E-state index < -0.39 is 17.7 Å². The molecule has 8 heteroatoms. The number of likely N-dealkylation sites (tertiary alicyclic amines) is 1. The highest BCUT2D eigenvalue weighted by atomic mass is 19.1. The zero-order valence-corrected chi connectivity index (χ0v) is 23.3. The van der Waals surface area contributed by atoms with E-state index in [-0.39, 0.29) is 18.3 Å². The summed E-state index contributed by atoms with van der Waals surface area (Å²) in [5, 5.41) is 5.29. The second kappa shape index (κ2) is 12.5. The minimum absolute atomic E-state index is 0.151. The van der Waals surface area contributed by atoms with Crippen LogP contribution in [-0.2, 0) is 17.6 Å². The summed E-state index contributed by atoms with van der Waals surface area (Å²) in [6, 6.07) is 15.4. The zero-order valence-electron chi connectivity index (χ0n) is 23.3. The van der Waals surface area contributed by atoms with E-state index in [1.165, 1.54) is 18.1 Å². The Labute approximate surface area is 230 Å². The monoisotopic (exact) mass is 533 g/mol. The molecule has 0 saturated carbocycles. The molecular formula is C31H40FN5O2. The number of H-pyrrole nitrogens is 1. The molecule has 0 aliphatic carbocycles. The van der Waals surface area contributed by atoms with E-state index in [0.717, 1.165) is 30.4 Å². The number of aromatic nitrogens is 2. The molecule has 3 N–H and O–H groups in total. The maximum absolute atomic E-state index is 16.6. The Morgan fingerprint density at radius 1 is 1.03 bits per heavy atom. The van der Waals surface area contributed by atoms with Crippen LogP contribution in [0.25, 0.3) is 0 Å². The van der Waals surface area contributed by atoms with Gasteiger partial charge in [-0.3, -0.25) is 10.1 Å². The van der Waals surface area contributed by atoms with Crippen molar-refractivity contribution < 1.29 is 14.0 Å². The number of carbonyl (C=O) groups excluding carboxylic acids is 2. The molecule has 1 saturated heterocycles. The summed E-state index contributed by atoms with van der Waals surface area (Å²) in [6.07, 6.45) is 5.07. The average molecular weight is 534 g/mol. The second-order valence-electron chi connectivity index (χ2n) is 11.2. The molecule has 3 aromatic rings. The van der Waals surface area contributed by atoms with Gasteiger partial charge in [-0.1, -0.05) is 76.2 Å². The Bertz CT molecular complexity index is 1210. The van der Waals surface area contributed by atoms with Crippen molar-refractivity contribution in [1.82, 2.24) is 20.2 Å². The number of piperidine rings is 1. The Morgan fingerprint density at radius 3 is 2.23 bits per heavy atom. The maximum atomic E-state index is 16.6. The van der Waals surface area contributed by atoms with E-state index >= 15 is 4.39 Å². The number of hydrogen-bond acceptors (Lipinski definition) is 3. The minimum Gasteiger partial charge on any atom is -0.348 e. The van der Waals surface area contributed by atoms with Crippen molar-refractivity contribution in [3.05, 3.63) is 83.4 Å². The lowest BCUT2D eigenvalue weighted by atomic mass is 9.89. The van der Waals surface area contributed by atoms with E-state index in [9.17, 15) is 9.59 Å². The topological polar surface area (TPSA) is 90.1 Å². The number of imidazole rings is 1. The number of alkyl halides is 1. The molecule has 0 bridgehead atoms. The molecule has 1 aliphatic heterocycles. The number of nitrogens with one attached hydrogen (secondary N) is 3. The van der Waals surface area contributed by atoms with Gasteiger partial charge in [0.25, 0.3) is 11.7 Å². The Hall–Kier alpha value is -3.68. The first-order valence-corrected chi connectivity index (χ1v) is 13.9. The third-order valence-corrected chi connectivity index (χ3v) is 7.52. The first kappa shape index (κ1) is 28.3. The fraction of sp³-hybridized carbons (Fsp3) is 0.452. The van der Waals surface area contributed by atoms with Crippen LogP contribution in [-0.4, -0.2) is 45.7 Å². The number of hydrogen-bond donors (Lipinski definition) is 3. The normalized spacial score (nSPS) is 15.8. The minimum atomic E-state index is -2.63. The number of aromatic amines is 1. The van der Waals surface area contributed by atoms with E-state index in [1.807, 2.05) is 64.1 Å². The van der Waals surface area contributed by atoms with Gasteiger partial charge in [0.05, 0.1) is 12.7 Å². The highest BCUT2D eigenvalue weighted by molar-refractivity contribution is 5.96. The van der Waals surface area contributed by atoms with Crippen LogP contribution >= 0.6 is 0 Å². The van der Waals surface area contributed by atoms with Crippen LogP contribution in [0.2, 0.25) is 0 Å². The SMILES string of the molecule is CC(C)c1cccc(C(C)C)c1NC(=O)NC(F)(Cc1cnc[nH]1)C(=O)N1CCC(Cc2ccccc2)CC1. The molecule has 3 amide bonds. The number of anilines is 1. The van der Waals surface area contributed by atoms with Crippen LogP contribution in [0, 0.1) is 5.92 Å². The fourth-order valence-corrected chi connectivity index (χ4v) is 5.38. The summed E-state index contributed by atoms with van der Waals surface area (Å²) in [4.78, 5) is 35.3. The van der Waals surface area contributed by atoms with E-state index in [0.29, 0.717) is 30.4 Å². The Balaban J connectivity index is 1.50. The molecule has 1 aromatic heterocycles. The van der Waals surface area contributed by atoms with Gasteiger partial charge in [-0.05, 0) is 53.7 Å². The number of amides is 3. The third-order valence-electron chi connectivity index (χ3n) is 7.52. The van der Waals surface area contributed by atoms with Gasteiger partial charge in [0, 0.05) is 30.7 Å². The quantitative estimate of drug-likeness (QED) is 0.288. The van der Waals surface area contributed by atoms with Crippen molar-refractivity contribution in [3.63, 3.8) is 0 Å². The highest BCUT2D eigenvalue weighted by Gasteiger charge is 2.44. The standard InChI is InChI=1S/C31H40FN5O2/c1-21(2)26-11-8-12-27(22(3)4)28(26)35-30(39)36-31(32,18-25-19-33-20-34-25)29(38)37-15-13-24(14-16-37)17-23-9-6-5-7-10-23/h5-12,19-22,24H,13-18H2,1-4H3,(H,33,34)(H2,35,36,39). The van der Waals surface area contributed by atoms with Crippen LogP contribution < -0.4 is 10.6 Å². The highest BCUT2D eigenvalue weighted by Crippen LogP contribution is 2.33. The van der Waals surface area contributed by atoms with Gasteiger partial charge < -0.3 is 15.2 Å². The summed E-state index contributed by atoms with van der Waals surface area (Å²) >= 11 is 0.